The van der Waals surface area contributed by atoms with Crippen LogP contribution in [-0.2, 0) is 0 Å². The molecule has 0 aliphatic heterocycles. The number of carbonyl (C=O) groups excluding carboxylic acids is 1. The number of hydrogen-bond acceptors (Lipinski definition) is 1. The summed E-state index contributed by atoms with van der Waals surface area (Å²) >= 11 is 11.8. The molecule has 0 radical (unpaired) electrons. The minimum atomic E-state index is 0.0837. The molecule has 19 heavy (non-hydrogen) atoms. The summed E-state index contributed by atoms with van der Waals surface area (Å²) in [6.07, 6.45) is 4.26. The van der Waals surface area contributed by atoms with Crippen molar-refractivity contribution in [2.45, 2.75) is 38.6 Å². The normalized spacial score (nSPS) is 15.1. The van der Waals surface area contributed by atoms with Crippen LogP contribution in [0.15, 0.2) is 18.2 Å². The minimum absolute atomic E-state index is 0.0837. The van der Waals surface area contributed by atoms with E-state index in [4.69, 9.17) is 23.2 Å². The Morgan fingerprint density at radius 3 is 2.63 bits per heavy atom. The highest BCUT2D eigenvalue weighted by atomic mass is 35.5. The molecule has 1 aliphatic carbocycles. The predicted molar refractivity (Wildman–Crippen MR) is 80.2 cm³/mol. The third-order valence-electron chi connectivity index (χ3n) is 3.60. The predicted octanol–water partition coefficient (Wildman–Crippen LogP) is 4.27. The highest BCUT2D eigenvalue weighted by Crippen LogP contribution is 2.27. The zero-order valence-corrected chi connectivity index (χ0v) is 12.7. The summed E-state index contributed by atoms with van der Waals surface area (Å²) in [4.78, 5) is 14.6. The van der Waals surface area contributed by atoms with Gasteiger partial charge < -0.3 is 4.90 Å². The maximum atomic E-state index is 12.6. The van der Waals surface area contributed by atoms with E-state index in [1.54, 1.807) is 6.07 Å². The third kappa shape index (κ3) is 3.64. The van der Waals surface area contributed by atoms with Crippen molar-refractivity contribution in [1.82, 2.24) is 4.90 Å². The van der Waals surface area contributed by atoms with Crippen LogP contribution in [0.2, 0.25) is 5.02 Å². The van der Waals surface area contributed by atoms with Crippen LogP contribution in [0.1, 0.15) is 41.6 Å². The van der Waals surface area contributed by atoms with Gasteiger partial charge in [-0.2, -0.15) is 0 Å². The largest absolute Gasteiger partial charge is 0.336 e. The summed E-state index contributed by atoms with van der Waals surface area (Å²) in [5.74, 6) is 0.672. The molecular weight excluding hydrogens is 281 g/mol. The fraction of sp³-hybridized carbons (Fsp3) is 0.533. The average Bonchev–Trinajstić information content (AvgIpc) is 2.29. The van der Waals surface area contributed by atoms with Crippen LogP contribution < -0.4 is 0 Å². The molecule has 0 unspecified atom stereocenters. The van der Waals surface area contributed by atoms with E-state index in [0.717, 1.165) is 31.4 Å². The van der Waals surface area contributed by atoms with Gasteiger partial charge in [-0.25, -0.2) is 0 Å². The summed E-state index contributed by atoms with van der Waals surface area (Å²) in [6.45, 7) is 2.69. The first-order valence-corrected chi connectivity index (χ1v) is 7.67. The number of nitrogens with zero attached hydrogens (tertiary/aromatic N) is 1. The second-order valence-corrected chi connectivity index (χ2v) is 5.96. The molecule has 0 bridgehead atoms. The second-order valence-electron chi connectivity index (χ2n) is 5.14. The van der Waals surface area contributed by atoms with Crippen LogP contribution >= 0.6 is 23.2 Å². The van der Waals surface area contributed by atoms with Crippen LogP contribution in [0.25, 0.3) is 0 Å². The molecular formula is C15H19Cl2NO. The molecule has 1 fully saturated rings. The maximum Gasteiger partial charge on any atom is 0.254 e. The lowest BCUT2D eigenvalue weighted by atomic mass is 9.90. The van der Waals surface area contributed by atoms with Crippen molar-refractivity contribution in [3.63, 3.8) is 0 Å². The topological polar surface area (TPSA) is 20.3 Å². The van der Waals surface area contributed by atoms with E-state index < -0.39 is 0 Å². The molecule has 104 valence electrons. The van der Waals surface area contributed by atoms with Crippen LogP contribution in [0.3, 0.4) is 0 Å². The van der Waals surface area contributed by atoms with E-state index in [1.165, 1.54) is 6.42 Å². The number of amides is 1. The van der Waals surface area contributed by atoms with Gasteiger partial charge in [-0.1, -0.05) is 11.6 Å². The molecule has 1 aromatic carbocycles. The molecule has 2 nitrogen and oxygen atoms in total. The molecule has 1 aliphatic rings. The Morgan fingerprint density at radius 1 is 1.37 bits per heavy atom. The molecule has 0 heterocycles. The van der Waals surface area contributed by atoms with Gasteiger partial charge in [-0.15, -0.1) is 11.6 Å². The summed E-state index contributed by atoms with van der Waals surface area (Å²) < 4.78 is 0. The Balaban J connectivity index is 2.17. The van der Waals surface area contributed by atoms with Gasteiger partial charge in [-0.3, -0.25) is 4.79 Å². The SMILES string of the molecule is Cc1cc(Cl)cc(C(=O)N(CCCCl)C2CCC2)c1. The van der Waals surface area contributed by atoms with Crippen LogP contribution in [0, 0.1) is 6.92 Å². The zero-order chi connectivity index (χ0) is 13.8. The standard InChI is InChI=1S/C15H19Cl2NO/c1-11-8-12(10-13(17)9-11)15(19)18(7-3-6-16)14-4-2-5-14/h8-10,14H,2-7H2,1H3. The smallest absolute Gasteiger partial charge is 0.254 e. The van der Waals surface area contributed by atoms with E-state index >= 15 is 0 Å². The number of hydrogen-bond donors (Lipinski definition) is 0. The maximum absolute atomic E-state index is 12.6. The first kappa shape index (κ1) is 14.7. The number of benzene rings is 1. The first-order valence-electron chi connectivity index (χ1n) is 6.76. The lowest BCUT2D eigenvalue weighted by molar-refractivity contribution is 0.0580. The van der Waals surface area contributed by atoms with E-state index in [-0.39, 0.29) is 5.91 Å². The lowest BCUT2D eigenvalue weighted by Crippen LogP contribution is -2.44. The lowest BCUT2D eigenvalue weighted by Gasteiger charge is -2.37. The summed E-state index contributed by atoms with van der Waals surface area (Å²) in [5.41, 5.74) is 1.70. The Kier molecular flexibility index (Phi) is 5.12. The number of carbonyl (C=O) groups is 1. The molecule has 0 spiro atoms. The van der Waals surface area contributed by atoms with Gasteiger partial charge in [0, 0.05) is 29.1 Å². The summed E-state index contributed by atoms with van der Waals surface area (Å²) in [5, 5.41) is 0.620. The number of aryl methyl sites for hydroxylation is 1. The Labute approximate surface area is 124 Å². The quantitative estimate of drug-likeness (QED) is 0.744. The minimum Gasteiger partial charge on any atom is -0.336 e. The van der Waals surface area contributed by atoms with Crippen LogP contribution in [0.5, 0.6) is 0 Å². The van der Waals surface area contributed by atoms with E-state index in [1.807, 2.05) is 24.0 Å². The number of rotatable bonds is 5. The van der Waals surface area contributed by atoms with Crippen molar-refractivity contribution in [2.24, 2.45) is 0 Å². The Bertz CT molecular complexity index is 437. The molecule has 1 amide bonds. The number of halogens is 2. The molecule has 1 aromatic rings. The van der Waals surface area contributed by atoms with E-state index in [0.29, 0.717) is 22.5 Å². The van der Waals surface area contributed by atoms with Gasteiger partial charge in [0.2, 0.25) is 0 Å². The molecule has 4 heteroatoms. The first-order chi connectivity index (χ1) is 9.11. The van der Waals surface area contributed by atoms with Crippen LogP contribution in [-0.4, -0.2) is 29.3 Å². The van der Waals surface area contributed by atoms with Crippen molar-refractivity contribution < 1.29 is 4.79 Å². The third-order valence-corrected chi connectivity index (χ3v) is 4.08. The van der Waals surface area contributed by atoms with Crippen molar-refractivity contribution in [3.8, 4) is 0 Å². The average molecular weight is 300 g/mol. The van der Waals surface area contributed by atoms with Crippen LogP contribution in [0.4, 0.5) is 0 Å². The van der Waals surface area contributed by atoms with Crippen molar-refractivity contribution in [3.05, 3.63) is 34.3 Å². The van der Waals surface area contributed by atoms with E-state index in [2.05, 4.69) is 0 Å². The summed E-state index contributed by atoms with van der Waals surface area (Å²) in [6, 6.07) is 5.91. The fourth-order valence-corrected chi connectivity index (χ4v) is 2.81. The van der Waals surface area contributed by atoms with Crippen molar-refractivity contribution in [1.29, 1.82) is 0 Å². The monoisotopic (exact) mass is 299 g/mol. The fourth-order valence-electron chi connectivity index (χ4n) is 2.40. The highest BCUT2D eigenvalue weighted by Gasteiger charge is 2.29. The molecule has 0 atom stereocenters. The van der Waals surface area contributed by atoms with Gasteiger partial charge in [0.05, 0.1) is 0 Å². The molecule has 0 saturated heterocycles. The second kappa shape index (κ2) is 6.62. The van der Waals surface area contributed by atoms with Crippen molar-refractivity contribution in [2.75, 3.05) is 12.4 Å². The van der Waals surface area contributed by atoms with Gasteiger partial charge in [0.25, 0.3) is 5.91 Å². The molecule has 1 saturated carbocycles. The Morgan fingerprint density at radius 2 is 2.11 bits per heavy atom. The Hall–Kier alpha value is -0.730. The number of alkyl halides is 1. The summed E-state index contributed by atoms with van der Waals surface area (Å²) in [7, 11) is 0. The highest BCUT2D eigenvalue weighted by molar-refractivity contribution is 6.31. The molecule has 2 rings (SSSR count). The van der Waals surface area contributed by atoms with Crippen molar-refractivity contribution >= 4 is 29.1 Å². The van der Waals surface area contributed by atoms with Gasteiger partial charge in [-0.05, 0) is 56.4 Å². The van der Waals surface area contributed by atoms with Gasteiger partial charge in [0.1, 0.15) is 0 Å². The zero-order valence-electron chi connectivity index (χ0n) is 11.2. The van der Waals surface area contributed by atoms with Gasteiger partial charge in [0.15, 0.2) is 0 Å². The van der Waals surface area contributed by atoms with E-state index in [9.17, 15) is 4.79 Å². The van der Waals surface area contributed by atoms with Gasteiger partial charge >= 0.3 is 0 Å². The molecule has 0 N–H and O–H groups in total. The molecule has 0 aromatic heterocycles.